The fourth-order valence-electron chi connectivity index (χ4n) is 1.62. The van der Waals surface area contributed by atoms with Crippen molar-refractivity contribution in [1.29, 1.82) is 0 Å². The van der Waals surface area contributed by atoms with E-state index in [4.69, 9.17) is 44.6 Å². The summed E-state index contributed by atoms with van der Waals surface area (Å²) in [5.41, 5.74) is -0.241. The van der Waals surface area contributed by atoms with Gasteiger partial charge in [-0.3, -0.25) is 9.32 Å². The molecule has 0 aliphatic rings. The van der Waals surface area contributed by atoms with Crippen molar-refractivity contribution in [2.75, 3.05) is 5.32 Å². The molecule has 2 aromatic rings. The summed E-state index contributed by atoms with van der Waals surface area (Å²) < 4.78 is 28.8. The van der Waals surface area contributed by atoms with Gasteiger partial charge in [-0.1, -0.05) is 34.8 Å². The van der Waals surface area contributed by atoms with Gasteiger partial charge in [0.05, 0.1) is 10.7 Å². The van der Waals surface area contributed by atoms with Crippen LogP contribution in [0.15, 0.2) is 18.2 Å². The van der Waals surface area contributed by atoms with E-state index in [1.165, 1.54) is 6.07 Å². The van der Waals surface area contributed by atoms with Crippen molar-refractivity contribution in [2.24, 2.45) is 0 Å². The molecule has 0 saturated carbocycles. The molecule has 24 heavy (non-hydrogen) atoms. The van der Waals surface area contributed by atoms with Gasteiger partial charge in [-0.05, 0) is 18.2 Å². The average molecular weight is 419 g/mol. The van der Waals surface area contributed by atoms with E-state index >= 15 is 0 Å². The first kappa shape index (κ1) is 19.1. The number of phosphoric ester groups is 1. The Morgan fingerprint density at radius 3 is 2.62 bits per heavy atom. The topological polar surface area (TPSA) is 114 Å². The fourth-order valence-corrected chi connectivity index (χ4v) is 2.50. The maximum absolute atomic E-state index is 13.0. The smallest absolute Gasteiger partial charge is 0.319 e. The van der Waals surface area contributed by atoms with Crippen LogP contribution in [0.5, 0.6) is 0 Å². The van der Waals surface area contributed by atoms with E-state index in [9.17, 15) is 13.8 Å². The number of carbonyl (C=O) groups excluding carboxylic acids is 1. The van der Waals surface area contributed by atoms with E-state index in [1.807, 2.05) is 0 Å². The Labute approximate surface area is 149 Å². The summed E-state index contributed by atoms with van der Waals surface area (Å²) in [5, 5.41) is 5.39. The minimum Gasteiger partial charge on any atom is -0.319 e. The van der Waals surface area contributed by atoms with Gasteiger partial charge in [0.15, 0.2) is 11.9 Å². The quantitative estimate of drug-likeness (QED) is 0.642. The van der Waals surface area contributed by atoms with Crippen molar-refractivity contribution in [3.63, 3.8) is 0 Å². The van der Waals surface area contributed by atoms with Crippen molar-refractivity contribution in [3.05, 3.63) is 44.9 Å². The van der Waals surface area contributed by atoms with Crippen LogP contribution in [0.1, 0.15) is 10.5 Å². The predicted molar refractivity (Wildman–Crippen MR) is 84.7 cm³/mol. The van der Waals surface area contributed by atoms with Crippen LogP contribution in [-0.2, 0) is 15.8 Å². The van der Waals surface area contributed by atoms with Crippen molar-refractivity contribution in [3.8, 4) is 0 Å². The molecule has 130 valence electrons. The van der Waals surface area contributed by atoms with Gasteiger partial charge in [0.1, 0.15) is 16.5 Å². The highest BCUT2D eigenvalue weighted by atomic mass is 35.5. The first-order chi connectivity index (χ1) is 11.1. The number of carbonyl (C=O) groups is 1. The first-order valence-electron chi connectivity index (χ1n) is 5.97. The zero-order valence-corrected chi connectivity index (χ0v) is 14.6. The second-order valence-corrected chi connectivity index (χ2v) is 6.66. The molecular weight excluding hydrogens is 410 g/mol. The highest BCUT2D eigenvalue weighted by Crippen LogP contribution is 2.37. The van der Waals surface area contributed by atoms with Crippen LogP contribution in [0.3, 0.4) is 0 Å². The maximum atomic E-state index is 13.0. The standard InChI is InChI=1S/C11H8Cl3FN3O5P/c12-6-3-5(15)1-2-7(6)16-11(19)9-8(13)10(14)17-18(9)4-23-24(20,21)22/h1-3H,4H2,(H,16,19)(H2,20,21,22). The fraction of sp³-hybridized carbons (Fsp3) is 0.0909. The third kappa shape index (κ3) is 4.67. The zero-order valence-electron chi connectivity index (χ0n) is 11.4. The molecule has 0 aliphatic heterocycles. The Hall–Kier alpha value is -1.19. The van der Waals surface area contributed by atoms with Crippen molar-refractivity contribution < 1.29 is 28.1 Å². The van der Waals surface area contributed by atoms with E-state index < -0.39 is 26.3 Å². The number of halogens is 4. The lowest BCUT2D eigenvalue weighted by Crippen LogP contribution is -2.19. The van der Waals surface area contributed by atoms with Gasteiger partial charge in [0, 0.05) is 0 Å². The van der Waals surface area contributed by atoms with E-state index in [0.717, 1.165) is 16.8 Å². The molecule has 3 N–H and O–H groups in total. The number of hydrogen-bond donors (Lipinski definition) is 3. The van der Waals surface area contributed by atoms with Crippen LogP contribution in [-0.4, -0.2) is 25.5 Å². The van der Waals surface area contributed by atoms with Gasteiger partial charge in [0.25, 0.3) is 5.91 Å². The summed E-state index contributed by atoms with van der Waals surface area (Å²) >= 11 is 17.4. The van der Waals surface area contributed by atoms with Gasteiger partial charge in [-0.15, -0.1) is 0 Å². The van der Waals surface area contributed by atoms with E-state index in [1.54, 1.807) is 0 Å². The largest absolute Gasteiger partial charge is 0.471 e. The normalized spacial score (nSPS) is 11.6. The lowest BCUT2D eigenvalue weighted by molar-refractivity contribution is 0.0987. The van der Waals surface area contributed by atoms with Gasteiger partial charge in [-0.25, -0.2) is 13.6 Å². The minimum atomic E-state index is -4.81. The van der Waals surface area contributed by atoms with Gasteiger partial charge >= 0.3 is 7.82 Å². The van der Waals surface area contributed by atoms with Crippen molar-refractivity contribution in [2.45, 2.75) is 6.73 Å². The summed E-state index contributed by atoms with van der Waals surface area (Å²) in [6.07, 6.45) is 0. The molecule has 0 radical (unpaired) electrons. The Balaban J connectivity index is 2.29. The number of aromatic nitrogens is 2. The van der Waals surface area contributed by atoms with E-state index in [0.29, 0.717) is 0 Å². The molecule has 0 bridgehead atoms. The molecule has 0 fully saturated rings. The number of hydrogen-bond acceptors (Lipinski definition) is 4. The third-order valence-electron chi connectivity index (χ3n) is 2.60. The van der Waals surface area contributed by atoms with Crippen LogP contribution in [0.25, 0.3) is 0 Å². The highest BCUT2D eigenvalue weighted by Gasteiger charge is 2.24. The molecule has 13 heteroatoms. The molecule has 8 nitrogen and oxygen atoms in total. The summed E-state index contributed by atoms with van der Waals surface area (Å²) in [7, 11) is -4.81. The number of rotatable bonds is 5. The number of anilines is 1. The molecule has 1 aromatic heterocycles. The zero-order chi connectivity index (χ0) is 18.1. The average Bonchev–Trinajstić information content (AvgIpc) is 2.74. The Morgan fingerprint density at radius 2 is 2.04 bits per heavy atom. The Morgan fingerprint density at radius 1 is 1.38 bits per heavy atom. The van der Waals surface area contributed by atoms with Gasteiger partial charge in [0.2, 0.25) is 0 Å². The number of phosphoric acid groups is 1. The molecule has 1 amide bonds. The summed E-state index contributed by atoms with van der Waals surface area (Å²) in [6, 6.07) is 3.28. The van der Waals surface area contributed by atoms with Crippen LogP contribution in [0.2, 0.25) is 15.2 Å². The van der Waals surface area contributed by atoms with E-state index in [-0.39, 0.29) is 26.6 Å². The predicted octanol–water partition coefficient (Wildman–Crippen LogP) is 3.30. The number of amides is 1. The molecular formula is C11H8Cl3FN3O5P. The summed E-state index contributed by atoms with van der Waals surface area (Å²) in [6.45, 7) is -0.781. The third-order valence-corrected chi connectivity index (χ3v) is 4.08. The summed E-state index contributed by atoms with van der Waals surface area (Å²) in [5.74, 6) is -1.44. The van der Waals surface area contributed by atoms with Gasteiger partial charge < -0.3 is 15.1 Å². The highest BCUT2D eigenvalue weighted by molar-refractivity contribution is 7.46. The molecule has 0 spiro atoms. The van der Waals surface area contributed by atoms with Crippen LogP contribution < -0.4 is 5.32 Å². The second kappa shape index (κ2) is 7.37. The molecule has 2 rings (SSSR count). The lowest BCUT2D eigenvalue weighted by Gasteiger charge is -2.10. The lowest BCUT2D eigenvalue weighted by atomic mass is 10.3. The molecule has 0 unspecified atom stereocenters. The van der Waals surface area contributed by atoms with Crippen molar-refractivity contribution >= 4 is 54.2 Å². The number of benzene rings is 1. The molecule has 1 aromatic carbocycles. The Kier molecular flexibility index (Phi) is 5.87. The van der Waals surface area contributed by atoms with E-state index in [2.05, 4.69) is 14.9 Å². The van der Waals surface area contributed by atoms with Crippen molar-refractivity contribution in [1.82, 2.24) is 9.78 Å². The van der Waals surface area contributed by atoms with Gasteiger partial charge in [-0.2, -0.15) is 5.10 Å². The molecule has 0 atom stereocenters. The van der Waals surface area contributed by atoms with Crippen LogP contribution in [0, 0.1) is 5.82 Å². The maximum Gasteiger partial charge on any atom is 0.471 e. The minimum absolute atomic E-state index is 0.0666. The summed E-state index contributed by atoms with van der Waals surface area (Å²) in [4.78, 5) is 29.7. The molecule has 0 saturated heterocycles. The SMILES string of the molecule is O=C(Nc1ccc(F)cc1Cl)c1c(Cl)c(Cl)nn1COP(=O)(O)O. The Bertz CT molecular complexity index is 841. The van der Waals surface area contributed by atoms with Crippen LogP contribution >= 0.6 is 42.6 Å². The first-order valence-corrected chi connectivity index (χ1v) is 8.63. The number of nitrogens with zero attached hydrogens (tertiary/aromatic N) is 2. The molecule has 0 aliphatic carbocycles. The van der Waals surface area contributed by atoms with Crippen LogP contribution in [0.4, 0.5) is 10.1 Å². The number of nitrogens with one attached hydrogen (secondary N) is 1. The monoisotopic (exact) mass is 417 g/mol. The second-order valence-electron chi connectivity index (χ2n) is 4.28. The molecule has 1 heterocycles.